The fraction of sp³-hybridized carbons (Fsp3) is 0.385. The molecule has 1 atom stereocenters. The van der Waals surface area contributed by atoms with Crippen molar-refractivity contribution in [3.05, 3.63) is 28.8 Å². The maximum Gasteiger partial charge on any atom is 0.151 e. The number of Topliss-reactive ketones (excluding diaryl/α,β-unsaturated/α-hetero) is 1. The van der Waals surface area contributed by atoms with E-state index in [2.05, 4.69) is 11.1 Å². The lowest BCUT2D eigenvalue weighted by molar-refractivity contribution is -0.121. The Kier molecular flexibility index (Phi) is 3.26. The molecule has 0 N–H and O–H groups in total. The normalized spacial score (nSPS) is 13.2. The van der Waals surface area contributed by atoms with Gasteiger partial charge in [0.15, 0.2) is 5.78 Å². The Morgan fingerprint density at radius 1 is 1.41 bits per heavy atom. The molecule has 1 aromatic carbocycles. The summed E-state index contributed by atoms with van der Waals surface area (Å²) in [4.78, 5) is 18.1. The molecule has 0 aliphatic heterocycles. The summed E-state index contributed by atoms with van der Waals surface area (Å²) in [7, 11) is 3.84. The van der Waals surface area contributed by atoms with Crippen LogP contribution in [0, 0.1) is 6.92 Å². The molecule has 17 heavy (non-hydrogen) atoms. The molecule has 0 spiro atoms. The van der Waals surface area contributed by atoms with Gasteiger partial charge in [0.05, 0.1) is 21.3 Å². The van der Waals surface area contributed by atoms with Crippen molar-refractivity contribution in [3.63, 3.8) is 0 Å². The number of hydrogen-bond acceptors (Lipinski definition) is 4. The van der Waals surface area contributed by atoms with Crippen LogP contribution in [-0.2, 0) is 4.79 Å². The molecule has 0 aliphatic rings. The first-order valence-corrected chi connectivity index (χ1v) is 6.34. The lowest BCUT2D eigenvalue weighted by Gasteiger charge is -2.21. The molecule has 1 aromatic heterocycles. The van der Waals surface area contributed by atoms with E-state index in [0.717, 1.165) is 16.1 Å². The minimum atomic E-state index is -0.179. The molecule has 1 unspecified atom stereocenters. The fourth-order valence-electron chi connectivity index (χ4n) is 2.13. The quantitative estimate of drug-likeness (QED) is 0.837. The number of benzene rings is 1. The van der Waals surface area contributed by atoms with Gasteiger partial charge in [-0.3, -0.25) is 9.69 Å². The van der Waals surface area contributed by atoms with Crippen molar-refractivity contribution in [1.29, 1.82) is 0 Å². The predicted molar refractivity (Wildman–Crippen MR) is 71.5 cm³/mol. The number of likely N-dealkylation sites (N-methyl/N-ethyl adjacent to an activating group) is 1. The van der Waals surface area contributed by atoms with Gasteiger partial charge in [-0.15, -0.1) is 11.3 Å². The van der Waals surface area contributed by atoms with E-state index in [0.29, 0.717) is 0 Å². The summed E-state index contributed by atoms with van der Waals surface area (Å²) in [5.41, 5.74) is 2.00. The summed E-state index contributed by atoms with van der Waals surface area (Å²) >= 11 is 1.68. The third-order valence-electron chi connectivity index (χ3n) is 2.74. The first-order valence-electron chi connectivity index (χ1n) is 5.53. The van der Waals surface area contributed by atoms with Gasteiger partial charge >= 0.3 is 0 Å². The highest BCUT2D eigenvalue weighted by atomic mass is 32.1. The molecular formula is C13H16N2OS. The van der Waals surface area contributed by atoms with Crippen LogP contribution in [0.1, 0.15) is 23.5 Å². The van der Waals surface area contributed by atoms with Crippen LogP contribution < -0.4 is 0 Å². The van der Waals surface area contributed by atoms with E-state index in [1.54, 1.807) is 18.3 Å². The number of hydrogen-bond donors (Lipinski definition) is 0. The highest BCUT2D eigenvalue weighted by Gasteiger charge is 2.19. The van der Waals surface area contributed by atoms with Crippen molar-refractivity contribution in [2.45, 2.75) is 19.9 Å². The van der Waals surface area contributed by atoms with Crippen molar-refractivity contribution in [2.24, 2.45) is 0 Å². The minimum Gasteiger partial charge on any atom is -0.298 e. The third-order valence-corrected chi connectivity index (χ3v) is 3.69. The Hall–Kier alpha value is -1.26. The smallest absolute Gasteiger partial charge is 0.151 e. The molecule has 0 amide bonds. The van der Waals surface area contributed by atoms with Gasteiger partial charge in [0.25, 0.3) is 0 Å². The molecule has 0 fully saturated rings. The average Bonchev–Trinajstić information content (AvgIpc) is 2.56. The second-order valence-electron chi connectivity index (χ2n) is 4.44. The number of carbonyl (C=O) groups is 1. The van der Waals surface area contributed by atoms with Crippen LogP contribution >= 0.6 is 11.3 Å². The van der Waals surface area contributed by atoms with Crippen molar-refractivity contribution >= 4 is 27.3 Å². The van der Waals surface area contributed by atoms with Gasteiger partial charge < -0.3 is 0 Å². The number of aryl methyl sites for hydroxylation is 1. The monoisotopic (exact) mass is 248 g/mol. The zero-order valence-electron chi connectivity index (χ0n) is 10.5. The van der Waals surface area contributed by atoms with Crippen molar-refractivity contribution in [3.8, 4) is 0 Å². The molecule has 2 aromatic rings. The van der Waals surface area contributed by atoms with Gasteiger partial charge in [-0.2, -0.15) is 0 Å². The lowest BCUT2D eigenvalue weighted by atomic mass is 10.0. The van der Waals surface area contributed by atoms with Crippen molar-refractivity contribution in [1.82, 2.24) is 9.88 Å². The van der Waals surface area contributed by atoms with Crippen molar-refractivity contribution < 1.29 is 4.79 Å². The highest BCUT2D eigenvalue weighted by molar-refractivity contribution is 7.18. The molecule has 1 heterocycles. The highest BCUT2D eigenvalue weighted by Crippen LogP contribution is 2.27. The molecule has 3 nitrogen and oxygen atoms in total. The maximum atomic E-state index is 11.7. The van der Waals surface area contributed by atoms with Crippen LogP contribution in [-0.4, -0.2) is 29.8 Å². The number of nitrogens with zero attached hydrogens (tertiary/aromatic N) is 2. The standard InChI is InChI=1S/C13H16N2OS/c1-8(16)13(15(3)4)10-5-6-12-11(7-10)14-9(2)17-12/h5-7,13H,1-4H3. The van der Waals surface area contributed by atoms with Crippen LogP contribution in [0.15, 0.2) is 18.2 Å². The van der Waals surface area contributed by atoms with Gasteiger partial charge in [0.2, 0.25) is 0 Å². The largest absolute Gasteiger partial charge is 0.298 e. The summed E-state index contributed by atoms with van der Waals surface area (Å²) < 4.78 is 1.17. The number of thiazole rings is 1. The first kappa shape index (κ1) is 12.2. The number of ketones is 1. The topological polar surface area (TPSA) is 33.2 Å². The maximum absolute atomic E-state index is 11.7. The van der Waals surface area contributed by atoms with Crippen LogP contribution in [0.2, 0.25) is 0 Å². The minimum absolute atomic E-state index is 0.154. The van der Waals surface area contributed by atoms with Gasteiger partial charge in [-0.25, -0.2) is 4.98 Å². The Morgan fingerprint density at radius 2 is 2.12 bits per heavy atom. The molecule has 90 valence electrons. The van der Waals surface area contributed by atoms with Crippen LogP contribution in [0.3, 0.4) is 0 Å². The molecule has 0 aliphatic carbocycles. The summed E-state index contributed by atoms with van der Waals surface area (Å²) in [6.45, 7) is 3.62. The van der Waals surface area contributed by atoms with Crippen molar-refractivity contribution in [2.75, 3.05) is 14.1 Å². The molecular weight excluding hydrogens is 232 g/mol. The third kappa shape index (κ3) is 2.37. The van der Waals surface area contributed by atoms with Gasteiger partial charge in [-0.1, -0.05) is 6.07 Å². The molecule has 0 bridgehead atoms. The van der Waals surface area contributed by atoms with E-state index in [9.17, 15) is 4.79 Å². The Morgan fingerprint density at radius 3 is 2.71 bits per heavy atom. The molecule has 0 radical (unpaired) electrons. The van der Waals surface area contributed by atoms with Crippen LogP contribution in [0.5, 0.6) is 0 Å². The van der Waals surface area contributed by atoms with Crippen LogP contribution in [0.4, 0.5) is 0 Å². The van der Waals surface area contributed by atoms with Crippen LogP contribution in [0.25, 0.3) is 10.2 Å². The van der Waals surface area contributed by atoms with E-state index in [-0.39, 0.29) is 11.8 Å². The fourth-order valence-corrected chi connectivity index (χ4v) is 2.93. The predicted octanol–water partition coefficient (Wildman–Crippen LogP) is 2.80. The number of fused-ring (bicyclic) bond motifs is 1. The first-order chi connectivity index (χ1) is 7.99. The Labute approximate surface area is 105 Å². The second-order valence-corrected chi connectivity index (χ2v) is 5.67. The molecule has 2 rings (SSSR count). The number of aromatic nitrogens is 1. The van der Waals surface area contributed by atoms with E-state index in [1.807, 2.05) is 38.1 Å². The summed E-state index contributed by atoms with van der Waals surface area (Å²) in [5, 5.41) is 1.06. The second kappa shape index (κ2) is 4.55. The van der Waals surface area contributed by atoms with Gasteiger partial charge in [0, 0.05) is 0 Å². The average molecular weight is 248 g/mol. The van der Waals surface area contributed by atoms with Gasteiger partial charge in [0.1, 0.15) is 0 Å². The summed E-state index contributed by atoms with van der Waals surface area (Å²) in [5.74, 6) is 0.154. The van der Waals surface area contributed by atoms with E-state index >= 15 is 0 Å². The zero-order chi connectivity index (χ0) is 12.6. The molecule has 0 saturated heterocycles. The summed E-state index contributed by atoms with van der Waals surface area (Å²) in [6, 6.07) is 5.91. The number of rotatable bonds is 3. The SMILES string of the molecule is CC(=O)C(c1ccc2sc(C)nc2c1)N(C)C. The van der Waals surface area contributed by atoms with E-state index < -0.39 is 0 Å². The Balaban J connectivity index is 2.50. The van der Waals surface area contributed by atoms with E-state index in [1.165, 1.54) is 4.70 Å². The Bertz CT molecular complexity index is 560. The number of carbonyl (C=O) groups excluding carboxylic acids is 1. The van der Waals surface area contributed by atoms with Gasteiger partial charge in [-0.05, 0) is 45.6 Å². The summed E-state index contributed by atoms with van der Waals surface area (Å²) in [6.07, 6.45) is 0. The van der Waals surface area contributed by atoms with E-state index in [4.69, 9.17) is 0 Å². The molecule has 4 heteroatoms. The lowest BCUT2D eigenvalue weighted by Crippen LogP contribution is -2.25. The molecule has 0 saturated carbocycles. The zero-order valence-corrected chi connectivity index (χ0v) is 11.3.